The Kier molecular flexibility index (Phi) is 5.32. The molecule has 0 bridgehead atoms. The molecule has 1 aliphatic carbocycles. The van der Waals surface area contributed by atoms with Crippen molar-refractivity contribution in [2.45, 2.75) is 57.6 Å². The van der Waals surface area contributed by atoms with E-state index < -0.39 is 0 Å². The number of hydrogen-bond donors (Lipinski definition) is 3. The number of fused-ring (bicyclic) bond motifs is 1. The van der Waals surface area contributed by atoms with Crippen LogP contribution in [0.5, 0.6) is 11.5 Å². The van der Waals surface area contributed by atoms with E-state index >= 15 is 0 Å². The van der Waals surface area contributed by atoms with Crippen molar-refractivity contribution >= 4 is 23.2 Å². The molecule has 1 saturated carbocycles. The number of benzene rings is 1. The Morgan fingerprint density at radius 1 is 1.32 bits per heavy atom. The van der Waals surface area contributed by atoms with Gasteiger partial charge in [-0.2, -0.15) is 0 Å². The minimum Gasteiger partial charge on any atom is -0.483 e. The molecule has 0 aromatic heterocycles. The van der Waals surface area contributed by atoms with Crippen LogP contribution in [0.1, 0.15) is 45.1 Å². The highest BCUT2D eigenvalue weighted by molar-refractivity contribution is 7.80. The summed E-state index contributed by atoms with van der Waals surface area (Å²) in [6.45, 7) is 3.96. The number of carbonyl (C=O) groups excluding carboxylic acids is 1. The summed E-state index contributed by atoms with van der Waals surface area (Å²) in [5, 5.41) is 3.63. The largest absolute Gasteiger partial charge is 0.483 e. The van der Waals surface area contributed by atoms with Crippen LogP contribution in [0.15, 0.2) is 18.2 Å². The van der Waals surface area contributed by atoms with Gasteiger partial charge in [-0.3, -0.25) is 15.6 Å². The van der Waals surface area contributed by atoms with Gasteiger partial charge in [-0.1, -0.05) is 25.0 Å². The molecule has 25 heavy (non-hydrogen) atoms. The fraction of sp³-hybridized carbons (Fsp3) is 0.556. The Morgan fingerprint density at radius 3 is 2.84 bits per heavy atom. The van der Waals surface area contributed by atoms with Gasteiger partial charge >= 0.3 is 0 Å². The SMILES string of the molecule is CC1(C)Cc2cccc(OCC(=O)NNC(=S)NC3CCCC3)c2O1. The highest BCUT2D eigenvalue weighted by Crippen LogP contribution is 2.41. The minimum absolute atomic E-state index is 0.112. The van der Waals surface area contributed by atoms with Crippen LogP contribution in [0.2, 0.25) is 0 Å². The van der Waals surface area contributed by atoms with Gasteiger partial charge in [0.15, 0.2) is 23.2 Å². The molecule has 6 nitrogen and oxygen atoms in total. The first-order valence-electron chi connectivity index (χ1n) is 8.72. The molecule has 7 heteroatoms. The predicted octanol–water partition coefficient (Wildman–Crippen LogP) is 2.22. The van der Waals surface area contributed by atoms with E-state index in [1.54, 1.807) is 0 Å². The molecule has 3 N–H and O–H groups in total. The van der Waals surface area contributed by atoms with Crippen molar-refractivity contribution in [1.29, 1.82) is 0 Å². The van der Waals surface area contributed by atoms with E-state index in [4.69, 9.17) is 21.7 Å². The Morgan fingerprint density at radius 2 is 2.08 bits per heavy atom. The number of hydrogen-bond acceptors (Lipinski definition) is 4. The standard InChI is InChI=1S/C18H25N3O3S/c1-18(2)10-12-6-5-9-14(16(12)24-18)23-11-15(22)20-21-17(25)19-13-7-3-4-8-13/h5-6,9,13H,3-4,7-8,10-11H2,1-2H3,(H,20,22)(H2,19,21,25). The van der Waals surface area contributed by atoms with Gasteiger partial charge in [0, 0.05) is 18.0 Å². The number of thiocarbonyl (C=S) groups is 1. The zero-order chi connectivity index (χ0) is 17.9. The molecular weight excluding hydrogens is 338 g/mol. The van der Waals surface area contributed by atoms with Gasteiger partial charge in [0.1, 0.15) is 5.60 Å². The molecule has 1 aliphatic heterocycles. The molecule has 1 heterocycles. The summed E-state index contributed by atoms with van der Waals surface area (Å²) in [6.07, 6.45) is 5.51. The first-order valence-corrected chi connectivity index (χ1v) is 9.13. The van der Waals surface area contributed by atoms with Crippen LogP contribution in [0, 0.1) is 0 Å². The van der Waals surface area contributed by atoms with Crippen LogP contribution >= 0.6 is 12.2 Å². The predicted molar refractivity (Wildman–Crippen MR) is 99.6 cm³/mol. The second-order valence-corrected chi connectivity index (χ2v) is 7.61. The Balaban J connectivity index is 1.44. The highest BCUT2D eigenvalue weighted by atomic mass is 32.1. The maximum Gasteiger partial charge on any atom is 0.276 e. The maximum absolute atomic E-state index is 12.0. The van der Waals surface area contributed by atoms with E-state index in [-0.39, 0.29) is 18.1 Å². The lowest BCUT2D eigenvalue weighted by atomic mass is 10.0. The third-order valence-corrected chi connectivity index (χ3v) is 4.64. The van der Waals surface area contributed by atoms with Gasteiger partial charge in [0.2, 0.25) is 0 Å². The lowest BCUT2D eigenvalue weighted by Gasteiger charge is -2.18. The zero-order valence-electron chi connectivity index (χ0n) is 14.7. The van der Waals surface area contributed by atoms with E-state index in [0.29, 0.717) is 16.9 Å². The fourth-order valence-corrected chi connectivity index (χ4v) is 3.52. The summed E-state index contributed by atoms with van der Waals surface area (Å²) >= 11 is 5.18. The number of carbonyl (C=O) groups is 1. The van der Waals surface area contributed by atoms with E-state index in [1.165, 1.54) is 12.8 Å². The van der Waals surface area contributed by atoms with Crippen LogP contribution in [-0.2, 0) is 11.2 Å². The molecule has 2 aliphatic rings. The molecule has 1 aromatic carbocycles. The Hall–Kier alpha value is -2.02. The minimum atomic E-state index is -0.301. The number of para-hydroxylation sites is 1. The Labute approximate surface area is 153 Å². The second kappa shape index (κ2) is 7.47. The van der Waals surface area contributed by atoms with Gasteiger partial charge in [-0.05, 0) is 45.0 Å². The fourth-order valence-electron chi connectivity index (χ4n) is 3.30. The van der Waals surface area contributed by atoms with Crippen molar-refractivity contribution in [2.75, 3.05) is 6.61 Å². The van der Waals surface area contributed by atoms with E-state index in [9.17, 15) is 4.79 Å². The average molecular weight is 363 g/mol. The van der Waals surface area contributed by atoms with Crippen molar-refractivity contribution in [1.82, 2.24) is 16.2 Å². The third kappa shape index (κ3) is 4.75. The van der Waals surface area contributed by atoms with Crippen molar-refractivity contribution in [3.8, 4) is 11.5 Å². The van der Waals surface area contributed by atoms with Crippen LogP contribution in [0.25, 0.3) is 0 Å². The molecule has 1 aromatic rings. The number of hydrazine groups is 1. The van der Waals surface area contributed by atoms with Crippen LogP contribution in [-0.4, -0.2) is 29.3 Å². The normalized spacial score (nSPS) is 18.2. The summed E-state index contributed by atoms with van der Waals surface area (Å²) in [6, 6.07) is 6.15. The second-order valence-electron chi connectivity index (χ2n) is 7.20. The third-order valence-electron chi connectivity index (χ3n) is 4.42. The lowest BCUT2D eigenvalue weighted by molar-refractivity contribution is -0.123. The van der Waals surface area contributed by atoms with Gasteiger partial charge in [-0.25, -0.2) is 0 Å². The number of rotatable bonds is 4. The monoisotopic (exact) mass is 363 g/mol. The smallest absolute Gasteiger partial charge is 0.276 e. The molecule has 0 saturated heterocycles. The number of nitrogens with one attached hydrogen (secondary N) is 3. The zero-order valence-corrected chi connectivity index (χ0v) is 15.5. The molecule has 136 valence electrons. The number of ether oxygens (including phenoxy) is 2. The molecular formula is C18H25N3O3S. The van der Waals surface area contributed by atoms with Gasteiger partial charge in [0.05, 0.1) is 0 Å². The maximum atomic E-state index is 12.0. The molecule has 3 rings (SSSR count). The first kappa shape index (κ1) is 17.8. The van der Waals surface area contributed by atoms with Gasteiger partial charge < -0.3 is 14.8 Å². The summed E-state index contributed by atoms with van der Waals surface area (Å²) in [5.74, 6) is 1.02. The summed E-state index contributed by atoms with van der Waals surface area (Å²) in [4.78, 5) is 12.0. The van der Waals surface area contributed by atoms with E-state index in [1.807, 2.05) is 32.0 Å². The first-order chi connectivity index (χ1) is 11.9. The van der Waals surface area contributed by atoms with Gasteiger partial charge in [-0.15, -0.1) is 0 Å². The molecule has 0 radical (unpaired) electrons. The van der Waals surface area contributed by atoms with Crippen molar-refractivity contribution < 1.29 is 14.3 Å². The molecule has 0 atom stereocenters. The van der Waals surface area contributed by atoms with Crippen LogP contribution in [0.3, 0.4) is 0 Å². The topological polar surface area (TPSA) is 71.6 Å². The summed E-state index contributed by atoms with van der Waals surface area (Å²) < 4.78 is 11.6. The van der Waals surface area contributed by atoms with Crippen LogP contribution in [0.4, 0.5) is 0 Å². The van der Waals surface area contributed by atoms with Gasteiger partial charge in [0.25, 0.3) is 5.91 Å². The van der Waals surface area contributed by atoms with Crippen molar-refractivity contribution in [2.24, 2.45) is 0 Å². The highest BCUT2D eigenvalue weighted by Gasteiger charge is 2.32. The summed E-state index contributed by atoms with van der Waals surface area (Å²) in [7, 11) is 0. The quantitative estimate of drug-likeness (QED) is 0.563. The molecule has 1 amide bonds. The molecule has 0 spiro atoms. The van der Waals surface area contributed by atoms with Crippen molar-refractivity contribution in [3.05, 3.63) is 23.8 Å². The van der Waals surface area contributed by atoms with Crippen molar-refractivity contribution in [3.63, 3.8) is 0 Å². The van der Waals surface area contributed by atoms with E-state index in [2.05, 4.69) is 16.2 Å². The molecule has 0 unspecified atom stereocenters. The number of amides is 1. The Bertz CT molecular complexity index is 657. The van der Waals surface area contributed by atoms with Crippen LogP contribution < -0.4 is 25.6 Å². The van der Waals surface area contributed by atoms with E-state index in [0.717, 1.165) is 30.6 Å². The summed E-state index contributed by atoms with van der Waals surface area (Å²) in [5.41, 5.74) is 6.13. The molecule has 1 fully saturated rings. The average Bonchev–Trinajstić information content (AvgIpc) is 3.16. The lowest BCUT2D eigenvalue weighted by Crippen LogP contribution is -2.50.